The number of hydrogen-bond acceptors (Lipinski definition) is 4. The van der Waals surface area contributed by atoms with E-state index >= 15 is 0 Å². The minimum atomic E-state index is -0.552. The number of carbonyl (C=O) groups is 1. The topological polar surface area (TPSA) is 75.5 Å². The van der Waals surface area contributed by atoms with E-state index in [1.54, 1.807) is 0 Å². The van der Waals surface area contributed by atoms with Crippen LogP contribution >= 0.6 is 11.6 Å². The van der Waals surface area contributed by atoms with Crippen LogP contribution in [0.4, 0.5) is 5.69 Å². The van der Waals surface area contributed by atoms with Crippen LogP contribution in [0.25, 0.3) is 0 Å². The van der Waals surface area contributed by atoms with Crippen molar-refractivity contribution in [3.63, 3.8) is 0 Å². The smallest absolute Gasteiger partial charge is 0.270 e. The van der Waals surface area contributed by atoms with Crippen LogP contribution in [-0.2, 0) is 0 Å². The Morgan fingerprint density at radius 1 is 1.53 bits per heavy atom. The zero-order valence-corrected chi connectivity index (χ0v) is 11.6. The number of nitro benzene ring substituents is 1. The summed E-state index contributed by atoms with van der Waals surface area (Å²) < 4.78 is 0. The van der Waals surface area contributed by atoms with Gasteiger partial charge in [-0.15, -0.1) is 0 Å². The van der Waals surface area contributed by atoms with E-state index in [9.17, 15) is 14.9 Å². The summed E-state index contributed by atoms with van der Waals surface area (Å²) in [6.07, 6.45) is 0. The molecule has 1 rings (SSSR count). The predicted molar refractivity (Wildman–Crippen MR) is 73.6 cm³/mol. The van der Waals surface area contributed by atoms with Gasteiger partial charge in [0.2, 0.25) is 0 Å². The van der Waals surface area contributed by atoms with Gasteiger partial charge < -0.3 is 10.2 Å². The van der Waals surface area contributed by atoms with Gasteiger partial charge in [0.1, 0.15) is 0 Å². The number of amides is 1. The number of hydrogen-bond donors (Lipinski definition) is 1. The molecular weight excluding hydrogens is 270 g/mol. The van der Waals surface area contributed by atoms with Crippen LogP contribution in [-0.4, -0.2) is 42.4 Å². The van der Waals surface area contributed by atoms with Crippen molar-refractivity contribution in [1.82, 2.24) is 10.2 Å². The summed E-state index contributed by atoms with van der Waals surface area (Å²) in [5.74, 6) is -0.329. The van der Waals surface area contributed by atoms with Crippen LogP contribution in [0.2, 0.25) is 5.02 Å². The van der Waals surface area contributed by atoms with E-state index in [1.165, 1.54) is 18.2 Å². The molecule has 1 amide bonds. The van der Waals surface area contributed by atoms with Gasteiger partial charge in [-0.25, -0.2) is 0 Å². The number of non-ortho nitro benzene ring substituents is 1. The van der Waals surface area contributed by atoms with Crippen molar-refractivity contribution in [1.29, 1.82) is 0 Å². The van der Waals surface area contributed by atoms with Gasteiger partial charge in [0.15, 0.2) is 0 Å². The van der Waals surface area contributed by atoms with Crippen molar-refractivity contribution in [2.45, 2.75) is 6.92 Å². The molecule has 6 nitrogen and oxygen atoms in total. The lowest BCUT2D eigenvalue weighted by Gasteiger charge is -2.14. The number of nitro groups is 1. The van der Waals surface area contributed by atoms with Crippen molar-refractivity contribution in [3.8, 4) is 0 Å². The Hall–Kier alpha value is -1.66. The SMILES string of the molecule is CCN(C)CCNC(=O)c1ccc([N+](=O)[O-])cc1Cl. The standard InChI is InChI=1S/C12H16ClN3O3/c1-3-15(2)7-6-14-12(17)10-5-4-9(16(18)19)8-11(10)13/h4-5,8H,3,6-7H2,1-2H3,(H,14,17). The molecule has 1 aromatic carbocycles. The molecule has 0 aliphatic rings. The van der Waals surface area contributed by atoms with Crippen LogP contribution < -0.4 is 5.32 Å². The Morgan fingerprint density at radius 3 is 2.74 bits per heavy atom. The number of carbonyl (C=O) groups excluding carboxylic acids is 1. The molecule has 0 saturated heterocycles. The van der Waals surface area contributed by atoms with Gasteiger partial charge in [-0.05, 0) is 19.7 Å². The molecule has 104 valence electrons. The van der Waals surface area contributed by atoms with Crippen molar-refractivity contribution in [2.75, 3.05) is 26.7 Å². The van der Waals surface area contributed by atoms with Crippen LogP contribution in [0.1, 0.15) is 17.3 Å². The average Bonchev–Trinajstić information content (AvgIpc) is 2.37. The van der Waals surface area contributed by atoms with Crippen molar-refractivity contribution in [3.05, 3.63) is 38.9 Å². The first-order valence-corrected chi connectivity index (χ1v) is 6.24. The molecule has 0 radical (unpaired) electrons. The van der Waals surface area contributed by atoms with E-state index < -0.39 is 4.92 Å². The van der Waals surface area contributed by atoms with Gasteiger partial charge in [-0.3, -0.25) is 14.9 Å². The molecule has 0 heterocycles. The zero-order valence-electron chi connectivity index (χ0n) is 10.9. The maximum absolute atomic E-state index is 11.8. The number of likely N-dealkylation sites (N-methyl/N-ethyl adjacent to an activating group) is 1. The Morgan fingerprint density at radius 2 is 2.21 bits per heavy atom. The van der Waals surface area contributed by atoms with E-state index in [0.29, 0.717) is 6.54 Å². The number of halogens is 1. The lowest BCUT2D eigenvalue weighted by Crippen LogP contribution is -2.33. The fourth-order valence-electron chi connectivity index (χ4n) is 1.42. The second-order valence-corrected chi connectivity index (χ2v) is 4.48. The van der Waals surface area contributed by atoms with Gasteiger partial charge in [0, 0.05) is 25.2 Å². The predicted octanol–water partition coefficient (Wildman–Crippen LogP) is 1.93. The van der Waals surface area contributed by atoms with E-state index in [0.717, 1.165) is 13.1 Å². The highest BCUT2D eigenvalue weighted by atomic mass is 35.5. The number of benzene rings is 1. The Balaban J connectivity index is 2.65. The molecule has 0 fully saturated rings. The molecular formula is C12H16ClN3O3. The molecule has 1 N–H and O–H groups in total. The van der Waals surface area contributed by atoms with Gasteiger partial charge in [0.25, 0.3) is 11.6 Å². The van der Waals surface area contributed by atoms with Crippen LogP contribution in [0.15, 0.2) is 18.2 Å². The number of rotatable bonds is 6. The minimum Gasteiger partial charge on any atom is -0.351 e. The first-order valence-electron chi connectivity index (χ1n) is 5.86. The van der Waals surface area contributed by atoms with Crippen LogP contribution in [0.3, 0.4) is 0 Å². The third kappa shape index (κ3) is 4.50. The highest BCUT2D eigenvalue weighted by molar-refractivity contribution is 6.34. The maximum Gasteiger partial charge on any atom is 0.270 e. The lowest BCUT2D eigenvalue weighted by molar-refractivity contribution is -0.384. The van der Waals surface area contributed by atoms with Gasteiger partial charge >= 0.3 is 0 Å². The monoisotopic (exact) mass is 285 g/mol. The van der Waals surface area contributed by atoms with Gasteiger partial charge in [-0.1, -0.05) is 18.5 Å². The Kier molecular flexibility index (Phi) is 5.72. The van der Waals surface area contributed by atoms with Crippen molar-refractivity contribution in [2.24, 2.45) is 0 Å². The summed E-state index contributed by atoms with van der Waals surface area (Å²) in [4.78, 5) is 23.9. The molecule has 0 spiro atoms. The third-order valence-electron chi connectivity index (χ3n) is 2.73. The summed E-state index contributed by atoms with van der Waals surface area (Å²) in [5, 5.41) is 13.4. The van der Waals surface area contributed by atoms with E-state index in [-0.39, 0.29) is 22.2 Å². The van der Waals surface area contributed by atoms with Crippen molar-refractivity contribution >= 4 is 23.2 Å². The maximum atomic E-state index is 11.8. The molecule has 1 aromatic rings. The molecule has 0 saturated carbocycles. The van der Waals surface area contributed by atoms with Crippen molar-refractivity contribution < 1.29 is 9.72 Å². The van der Waals surface area contributed by atoms with E-state index in [1.807, 2.05) is 14.0 Å². The Bertz CT molecular complexity index is 479. The van der Waals surface area contributed by atoms with Gasteiger partial charge in [0.05, 0.1) is 15.5 Å². The summed E-state index contributed by atoms with van der Waals surface area (Å²) >= 11 is 5.86. The Labute approximate surface area is 116 Å². The highest BCUT2D eigenvalue weighted by Crippen LogP contribution is 2.22. The number of nitrogens with zero attached hydrogens (tertiary/aromatic N) is 2. The van der Waals surface area contributed by atoms with Crippen LogP contribution in [0.5, 0.6) is 0 Å². The number of nitrogens with one attached hydrogen (secondary N) is 1. The summed E-state index contributed by atoms with van der Waals surface area (Å²) in [5.41, 5.74) is 0.110. The average molecular weight is 286 g/mol. The molecule has 19 heavy (non-hydrogen) atoms. The first-order chi connectivity index (χ1) is 8.95. The fourth-order valence-corrected chi connectivity index (χ4v) is 1.68. The molecule has 0 aliphatic carbocycles. The lowest BCUT2D eigenvalue weighted by atomic mass is 10.2. The largest absolute Gasteiger partial charge is 0.351 e. The summed E-state index contributed by atoms with van der Waals surface area (Å²) in [6.45, 7) is 4.15. The molecule has 0 aromatic heterocycles. The second-order valence-electron chi connectivity index (χ2n) is 4.07. The third-order valence-corrected chi connectivity index (χ3v) is 3.04. The normalized spacial score (nSPS) is 10.5. The molecule has 0 aliphatic heterocycles. The molecule has 0 bridgehead atoms. The molecule has 0 unspecified atom stereocenters. The highest BCUT2D eigenvalue weighted by Gasteiger charge is 2.14. The van der Waals surface area contributed by atoms with Crippen LogP contribution in [0, 0.1) is 10.1 Å². The van der Waals surface area contributed by atoms with E-state index in [4.69, 9.17) is 11.6 Å². The second kappa shape index (κ2) is 7.06. The van der Waals surface area contributed by atoms with E-state index in [2.05, 4.69) is 10.2 Å². The quantitative estimate of drug-likeness (QED) is 0.640. The summed E-state index contributed by atoms with van der Waals surface area (Å²) in [6, 6.07) is 3.80. The van der Waals surface area contributed by atoms with Gasteiger partial charge in [-0.2, -0.15) is 0 Å². The first kappa shape index (κ1) is 15.4. The molecule has 7 heteroatoms. The zero-order chi connectivity index (χ0) is 14.4. The fraction of sp³-hybridized carbons (Fsp3) is 0.417. The minimum absolute atomic E-state index is 0.0792. The molecule has 0 atom stereocenters. The summed E-state index contributed by atoms with van der Waals surface area (Å²) in [7, 11) is 1.95.